The van der Waals surface area contributed by atoms with Crippen LogP contribution in [0.2, 0.25) is 0 Å². The van der Waals surface area contributed by atoms with Crippen molar-refractivity contribution in [3.8, 4) is 17.2 Å². The minimum Gasteiger partial charge on any atom is -0.493 e. The van der Waals surface area contributed by atoms with Crippen molar-refractivity contribution in [3.05, 3.63) is 17.7 Å². The van der Waals surface area contributed by atoms with Crippen LogP contribution < -0.4 is 47.5 Å². The van der Waals surface area contributed by atoms with Crippen LogP contribution in [-0.4, -0.2) is 55.8 Å². The Labute approximate surface area is 145 Å². The number of benzene rings is 1. The first-order valence-electron chi connectivity index (χ1n) is 6.98. The Morgan fingerprint density at radius 2 is 1.65 bits per heavy atom. The lowest BCUT2D eigenvalue weighted by Crippen LogP contribution is -3.98. The standard InChI is InChI=1S/C14H22N2O3.HIO3/c1-17-12-5-4-11(13(18-2)14(12)19-3)10-16-8-6-15-7-9-16;2-1(3)4/h4-5,15H,6-10H2,1-3H3;2H. The Balaban J connectivity index is 0.000000593. The maximum atomic E-state index is 8.68. The monoisotopic (exact) mass is 442 g/mol. The molecule has 2 rings (SSSR count). The number of ether oxygens (including phenoxy) is 3. The lowest BCUT2D eigenvalue weighted by atomic mass is 10.1. The summed E-state index contributed by atoms with van der Waals surface area (Å²) in [6, 6.07) is 3.97. The van der Waals surface area contributed by atoms with Crippen LogP contribution in [0.3, 0.4) is 0 Å². The van der Waals surface area contributed by atoms with E-state index in [-0.39, 0.29) is 0 Å². The summed E-state index contributed by atoms with van der Waals surface area (Å²) in [6.45, 7) is 5.05. The molecule has 1 aromatic rings. The molecule has 1 saturated heterocycles. The van der Waals surface area contributed by atoms with Gasteiger partial charge in [0.15, 0.2) is 11.5 Å². The molecule has 0 atom stereocenters. The fraction of sp³-hybridized carbons (Fsp3) is 0.571. The summed E-state index contributed by atoms with van der Waals surface area (Å²) in [5, 5.41) is 3.35. The molecule has 1 aromatic carbocycles. The summed E-state index contributed by atoms with van der Waals surface area (Å²) in [5.41, 5.74) is 1.13. The van der Waals surface area contributed by atoms with Gasteiger partial charge in [-0.1, -0.05) is 6.07 Å². The van der Waals surface area contributed by atoms with Gasteiger partial charge in [-0.2, -0.15) is 0 Å². The van der Waals surface area contributed by atoms with Crippen LogP contribution in [0.4, 0.5) is 0 Å². The van der Waals surface area contributed by atoms with E-state index in [4.69, 9.17) is 24.5 Å². The maximum absolute atomic E-state index is 8.68. The molecule has 9 heteroatoms. The van der Waals surface area contributed by atoms with Crippen LogP contribution in [-0.2, 0) is 6.54 Å². The summed E-state index contributed by atoms with van der Waals surface area (Å²) in [4.78, 5) is 2.40. The van der Waals surface area contributed by atoms with Crippen molar-refractivity contribution in [1.82, 2.24) is 10.2 Å². The lowest BCUT2D eigenvalue weighted by Gasteiger charge is -2.28. The van der Waals surface area contributed by atoms with Gasteiger partial charge < -0.3 is 26.4 Å². The first-order valence-corrected chi connectivity index (χ1v) is 9.71. The lowest BCUT2D eigenvalue weighted by molar-refractivity contribution is -1.63. The highest BCUT2D eigenvalue weighted by Gasteiger charge is 2.18. The van der Waals surface area contributed by atoms with Gasteiger partial charge in [-0.05, 0) is 9.50 Å². The summed E-state index contributed by atoms with van der Waals surface area (Å²) in [7, 11) is 4.93. The molecule has 0 aliphatic carbocycles. The summed E-state index contributed by atoms with van der Waals surface area (Å²) < 4.78 is 40.7. The van der Waals surface area contributed by atoms with Crippen molar-refractivity contribution in [2.24, 2.45) is 0 Å². The molecule has 0 aromatic heterocycles. The van der Waals surface area contributed by atoms with Crippen LogP contribution >= 0.6 is 0 Å². The van der Waals surface area contributed by atoms with E-state index in [2.05, 4.69) is 10.2 Å². The second kappa shape index (κ2) is 10.8. The quantitative estimate of drug-likeness (QED) is 0.438. The minimum absolute atomic E-state index is 0.664. The van der Waals surface area contributed by atoms with E-state index in [0.717, 1.165) is 44.0 Å². The first kappa shape index (κ1) is 20.2. The van der Waals surface area contributed by atoms with E-state index < -0.39 is 21.1 Å². The molecule has 1 heterocycles. The number of rotatable bonds is 5. The Bertz CT molecular complexity index is 466. The molecule has 0 saturated carbocycles. The molecule has 23 heavy (non-hydrogen) atoms. The predicted octanol–water partition coefficient (Wildman–Crippen LogP) is -4.81. The fourth-order valence-corrected chi connectivity index (χ4v) is 2.40. The molecule has 8 nitrogen and oxygen atoms in total. The smallest absolute Gasteiger partial charge is 0.493 e. The van der Waals surface area contributed by atoms with Crippen molar-refractivity contribution in [1.29, 1.82) is 0 Å². The average Bonchev–Trinajstić information content (AvgIpc) is 2.54. The Morgan fingerprint density at radius 3 is 2.13 bits per heavy atom. The molecule has 1 aliphatic rings. The van der Waals surface area contributed by atoms with Crippen molar-refractivity contribution >= 4 is 0 Å². The molecular weight excluding hydrogens is 419 g/mol. The Hall–Kier alpha value is -0.850. The highest BCUT2D eigenvalue weighted by molar-refractivity contribution is 5.55. The van der Waals surface area contributed by atoms with Crippen molar-refractivity contribution in [2.45, 2.75) is 6.54 Å². The molecule has 132 valence electrons. The van der Waals surface area contributed by atoms with E-state index in [0.29, 0.717) is 11.5 Å². The third kappa shape index (κ3) is 6.65. The SMILES string of the molecule is COc1ccc(CN2CCNCC2)c(OC)c1OC.[O-][I+2]([O-])O. The summed E-state index contributed by atoms with van der Waals surface area (Å²) in [6.07, 6.45) is 0. The van der Waals surface area contributed by atoms with E-state index >= 15 is 0 Å². The van der Waals surface area contributed by atoms with E-state index in [1.54, 1.807) is 21.3 Å². The third-order valence-corrected chi connectivity index (χ3v) is 3.39. The molecule has 1 aliphatic heterocycles. The third-order valence-electron chi connectivity index (χ3n) is 3.39. The van der Waals surface area contributed by atoms with Gasteiger partial charge in [-0.3, -0.25) is 4.90 Å². The zero-order valence-electron chi connectivity index (χ0n) is 13.5. The van der Waals surface area contributed by atoms with Crippen molar-refractivity contribution in [3.63, 3.8) is 0 Å². The van der Waals surface area contributed by atoms with E-state index in [9.17, 15) is 0 Å². The Morgan fingerprint density at radius 1 is 1.09 bits per heavy atom. The topological polar surface area (TPSA) is 109 Å². The number of hydrogen-bond acceptors (Lipinski definition) is 8. The number of piperazine rings is 1. The van der Waals surface area contributed by atoms with Gasteiger partial charge in [0.2, 0.25) is 5.75 Å². The van der Waals surface area contributed by atoms with Gasteiger partial charge in [0, 0.05) is 38.3 Å². The van der Waals surface area contributed by atoms with Crippen LogP contribution in [0.15, 0.2) is 12.1 Å². The van der Waals surface area contributed by atoms with Crippen LogP contribution in [0, 0.1) is 0 Å². The molecule has 0 amide bonds. The molecular formula is C14H23IN2O6. The number of halogens is 1. The van der Waals surface area contributed by atoms with Gasteiger partial charge >= 0.3 is 21.1 Å². The second-order valence-corrected chi connectivity index (χ2v) is 5.87. The molecule has 0 radical (unpaired) electrons. The predicted molar refractivity (Wildman–Crippen MR) is 76.5 cm³/mol. The minimum atomic E-state index is -3.76. The summed E-state index contributed by atoms with van der Waals surface area (Å²) in [5.74, 6) is 2.13. The fourth-order valence-electron chi connectivity index (χ4n) is 2.40. The van der Waals surface area contributed by atoms with Crippen LogP contribution in [0.5, 0.6) is 17.2 Å². The van der Waals surface area contributed by atoms with Gasteiger partial charge in [0.25, 0.3) is 0 Å². The zero-order chi connectivity index (χ0) is 17.2. The number of nitrogens with zero attached hydrogens (tertiary/aromatic N) is 1. The molecule has 1 fully saturated rings. The Kier molecular flexibility index (Phi) is 9.52. The second-order valence-electron chi connectivity index (χ2n) is 4.72. The number of hydrogen-bond donors (Lipinski definition) is 2. The zero-order valence-corrected chi connectivity index (χ0v) is 15.7. The van der Waals surface area contributed by atoms with Gasteiger partial charge in [-0.15, -0.1) is 0 Å². The highest BCUT2D eigenvalue weighted by atomic mass is 127. The van der Waals surface area contributed by atoms with E-state index in [1.807, 2.05) is 12.1 Å². The molecule has 0 bridgehead atoms. The first-order chi connectivity index (χ1) is 11.0. The van der Waals surface area contributed by atoms with Crippen molar-refractivity contribution in [2.75, 3.05) is 47.5 Å². The van der Waals surface area contributed by atoms with Crippen LogP contribution in [0.25, 0.3) is 0 Å². The van der Waals surface area contributed by atoms with E-state index in [1.165, 1.54) is 0 Å². The normalized spacial score (nSPS) is 14.9. The number of methoxy groups -OCH3 is 3. The highest BCUT2D eigenvalue weighted by Crippen LogP contribution is 2.40. The molecule has 0 spiro atoms. The largest absolute Gasteiger partial charge is 0.503 e. The summed E-state index contributed by atoms with van der Waals surface area (Å²) >= 11 is -3.76. The molecule has 2 N–H and O–H groups in total. The van der Waals surface area contributed by atoms with Crippen LogP contribution in [0.1, 0.15) is 5.56 Å². The van der Waals surface area contributed by atoms with Gasteiger partial charge in [-0.25, -0.2) is 0 Å². The van der Waals surface area contributed by atoms with Gasteiger partial charge in [0.1, 0.15) is 0 Å². The average molecular weight is 442 g/mol. The molecule has 0 unspecified atom stereocenters. The maximum Gasteiger partial charge on any atom is 0.503 e. The number of nitrogens with one attached hydrogen (secondary N) is 1. The van der Waals surface area contributed by atoms with Gasteiger partial charge in [0.05, 0.1) is 21.3 Å². The van der Waals surface area contributed by atoms with Crippen molar-refractivity contribution < 1.29 is 45.6 Å².